The van der Waals surface area contributed by atoms with E-state index < -0.39 is 0 Å². The molecule has 1 aliphatic rings. The zero-order chi connectivity index (χ0) is 17.1. The standard InChI is InChI=1S/C19H26N4O/c1-13-9-15(19(20)24)10-14(13)7-8-23(2)12-16-11-21-17-5-3-4-6-18(17)22-16/h3-6,11,13-15H,7-10,12H2,1-2H3,(H2,20,24). The molecule has 1 amide bonds. The number of primary amides is 1. The van der Waals surface area contributed by atoms with Crippen LogP contribution in [0.2, 0.25) is 0 Å². The number of rotatable bonds is 6. The van der Waals surface area contributed by atoms with Crippen molar-refractivity contribution in [1.29, 1.82) is 0 Å². The van der Waals surface area contributed by atoms with Crippen LogP contribution in [0.3, 0.4) is 0 Å². The van der Waals surface area contributed by atoms with Crippen LogP contribution in [-0.2, 0) is 11.3 Å². The zero-order valence-electron chi connectivity index (χ0n) is 14.5. The normalized spacial score (nSPS) is 23.9. The van der Waals surface area contributed by atoms with Gasteiger partial charge in [-0.2, -0.15) is 0 Å². The lowest BCUT2D eigenvalue weighted by Gasteiger charge is -2.21. The van der Waals surface area contributed by atoms with Crippen molar-refractivity contribution in [1.82, 2.24) is 14.9 Å². The summed E-state index contributed by atoms with van der Waals surface area (Å²) in [6.45, 7) is 4.02. The van der Waals surface area contributed by atoms with E-state index in [1.165, 1.54) is 0 Å². The quantitative estimate of drug-likeness (QED) is 0.885. The van der Waals surface area contributed by atoms with Gasteiger partial charge in [0.15, 0.2) is 0 Å². The molecule has 2 N–H and O–H groups in total. The number of nitrogens with zero attached hydrogens (tertiary/aromatic N) is 3. The maximum Gasteiger partial charge on any atom is 0.220 e. The Bertz CT molecular complexity index is 717. The summed E-state index contributed by atoms with van der Waals surface area (Å²) in [4.78, 5) is 22.8. The first-order valence-corrected chi connectivity index (χ1v) is 8.71. The summed E-state index contributed by atoms with van der Waals surface area (Å²) >= 11 is 0. The van der Waals surface area contributed by atoms with Crippen LogP contribution in [0, 0.1) is 17.8 Å². The van der Waals surface area contributed by atoms with Gasteiger partial charge < -0.3 is 10.6 Å². The van der Waals surface area contributed by atoms with E-state index in [9.17, 15) is 4.79 Å². The lowest BCUT2D eigenvalue weighted by molar-refractivity contribution is -0.121. The first kappa shape index (κ1) is 16.8. The molecule has 1 aromatic heterocycles. The largest absolute Gasteiger partial charge is 0.369 e. The van der Waals surface area contributed by atoms with Crippen molar-refractivity contribution >= 4 is 16.9 Å². The predicted molar refractivity (Wildman–Crippen MR) is 95.1 cm³/mol. The van der Waals surface area contributed by atoms with Crippen molar-refractivity contribution < 1.29 is 4.79 Å². The second kappa shape index (κ2) is 7.26. The molecule has 5 heteroatoms. The Kier molecular flexibility index (Phi) is 5.09. The van der Waals surface area contributed by atoms with Crippen molar-refractivity contribution in [2.75, 3.05) is 13.6 Å². The molecular weight excluding hydrogens is 300 g/mol. The number of nitrogens with two attached hydrogens (primary N) is 1. The van der Waals surface area contributed by atoms with E-state index >= 15 is 0 Å². The number of carbonyl (C=O) groups excluding carboxylic acids is 1. The molecule has 1 saturated carbocycles. The summed E-state index contributed by atoms with van der Waals surface area (Å²) in [5.74, 6) is 1.11. The summed E-state index contributed by atoms with van der Waals surface area (Å²) in [7, 11) is 2.11. The van der Waals surface area contributed by atoms with Gasteiger partial charge in [-0.05, 0) is 56.8 Å². The lowest BCUT2D eigenvalue weighted by Crippen LogP contribution is -2.23. The van der Waals surface area contributed by atoms with E-state index in [-0.39, 0.29) is 11.8 Å². The molecule has 1 aromatic carbocycles. The molecular formula is C19H26N4O. The molecule has 3 unspecified atom stereocenters. The lowest BCUT2D eigenvalue weighted by atomic mass is 9.94. The molecule has 0 bridgehead atoms. The number of fused-ring (bicyclic) bond motifs is 1. The molecule has 0 aliphatic heterocycles. The molecule has 1 heterocycles. The number of hydrogen-bond acceptors (Lipinski definition) is 4. The maximum absolute atomic E-state index is 11.4. The molecule has 0 spiro atoms. The van der Waals surface area contributed by atoms with Gasteiger partial charge in [-0.1, -0.05) is 19.1 Å². The molecule has 0 radical (unpaired) electrons. The van der Waals surface area contributed by atoms with Crippen LogP contribution in [0.1, 0.15) is 31.9 Å². The third-order valence-corrected chi connectivity index (χ3v) is 5.26. The highest BCUT2D eigenvalue weighted by Gasteiger charge is 2.33. The zero-order valence-corrected chi connectivity index (χ0v) is 14.5. The average Bonchev–Trinajstić information content (AvgIpc) is 2.94. The third kappa shape index (κ3) is 3.90. The minimum Gasteiger partial charge on any atom is -0.369 e. The Morgan fingerprint density at radius 1 is 1.29 bits per heavy atom. The number of benzene rings is 1. The summed E-state index contributed by atoms with van der Waals surface area (Å²) < 4.78 is 0. The first-order chi connectivity index (χ1) is 11.5. The Labute approximate surface area is 143 Å². The number of para-hydroxylation sites is 2. The summed E-state index contributed by atoms with van der Waals surface area (Å²) in [5, 5.41) is 0. The SMILES string of the molecule is CC1CC(C(N)=O)CC1CCN(C)Cc1cnc2ccccc2n1. The summed E-state index contributed by atoms with van der Waals surface area (Å²) in [5.41, 5.74) is 8.33. The number of carbonyl (C=O) groups is 1. The summed E-state index contributed by atoms with van der Waals surface area (Å²) in [6.07, 6.45) is 4.85. The van der Waals surface area contributed by atoms with E-state index in [0.717, 1.165) is 49.1 Å². The smallest absolute Gasteiger partial charge is 0.220 e. The van der Waals surface area contributed by atoms with E-state index in [1.807, 2.05) is 30.5 Å². The summed E-state index contributed by atoms with van der Waals surface area (Å²) in [6, 6.07) is 7.94. The minimum absolute atomic E-state index is 0.0710. The Morgan fingerprint density at radius 3 is 2.75 bits per heavy atom. The van der Waals surface area contributed by atoms with Crippen LogP contribution in [0.4, 0.5) is 0 Å². The van der Waals surface area contributed by atoms with Crippen LogP contribution in [-0.4, -0.2) is 34.4 Å². The average molecular weight is 326 g/mol. The molecule has 0 saturated heterocycles. The molecule has 5 nitrogen and oxygen atoms in total. The number of amides is 1. The van der Waals surface area contributed by atoms with Crippen molar-refractivity contribution in [3.63, 3.8) is 0 Å². The van der Waals surface area contributed by atoms with Crippen LogP contribution in [0.15, 0.2) is 30.5 Å². The molecule has 3 rings (SSSR count). The second-order valence-corrected chi connectivity index (χ2v) is 7.18. The van der Waals surface area contributed by atoms with Crippen molar-refractivity contribution in [2.45, 2.75) is 32.7 Å². The number of hydrogen-bond donors (Lipinski definition) is 1. The van der Waals surface area contributed by atoms with E-state index in [0.29, 0.717) is 11.8 Å². The second-order valence-electron chi connectivity index (χ2n) is 7.18. The monoisotopic (exact) mass is 326 g/mol. The highest BCUT2D eigenvalue weighted by Crippen LogP contribution is 2.38. The van der Waals surface area contributed by atoms with Gasteiger partial charge in [-0.3, -0.25) is 9.78 Å². The maximum atomic E-state index is 11.4. The highest BCUT2D eigenvalue weighted by molar-refractivity contribution is 5.77. The van der Waals surface area contributed by atoms with Gasteiger partial charge in [-0.25, -0.2) is 4.98 Å². The van der Waals surface area contributed by atoms with Crippen molar-refractivity contribution in [3.8, 4) is 0 Å². The van der Waals surface area contributed by atoms with Crippen LogP contribution < -0.4 is 5.73 Å². The Hall–Kier alpha value is -2.01. The van der Waals surface area contributed by atoms with Gasteiger partial charge in [0.1, 0.15) is 0 Å². The fourth-order valence-corrected chi connectivity index (χ4v) is 3.78. The topological polar surface area (TPSA) is 72.1 Å². The van der Waals surface area contributed by atoms with Crippen molar-refractivity contribution in [2.24, 2.45) is 23.5 Å². The molecule has 24 heavy (non-hydrogen) atoms. The molecule has 3 atom stereocenters. The Morgan fingerprint density at radius 2 is 2.04 bits per heavy atom. The van der Waals surface area contributed by atoms with Crippen LogP contribution >= 0.6 is 0 Å². The third-order valence-electron chi connectivity index (χ3n) is 5.26. The molecule has 1 fully saturated rings. The molecule has 1 aliphatic carbocycles. The van der Waals surface area contributed by atoms with Gasteiger partial charge in [0.05, 0.1) is 22.9 Å². The van der Waals surface area contributed by atoms with Gasteiger partial charge >= 0.3 is 0 Å². The van der Waals surface area contributed by atoms with E-state index in [2.05, 4.69) is 28.8 Å². The Balaban J connectivity index is 1.53. The minimum atomic E-state index is -0.135. The molecule has 128 valence electrons. The fraction of sp³-hybridized carbons (Fsp3) is 0.526. The number of aromatic nitrogens is 2. The van der Waals surface area contributed by atoms with Crippen LogP contribution in [0.25, 0.3) is 11.0 Å². The van der Waals surface area contributed by atoms with Gasteiger partial charge in [0.25, 0.3) is 0 Å². The highest BCUT2D eigenvalue weighted by atomic mass is 16.1. The van der Waals surface area contributed by atoms with Crippen molar-refractivity contribution in [3.05, 3.63) is 36.2 Å². The first-order valence-electron chi connectivity index (χ1n) is 8.71. The predicted octanol–water partition coefficient (Wildman–Crippen LogP) is 2.60. The van der Waals surface area contributed by atoms with Crippen LogP contribution in [0.5, 0.6) is 0 Å². The van der Waals surface area contributed by atoms with E-state index in [1.54, 1.807) is 0 Å². The molecule has 2 aromatic rings. The van der Waals surface area contributed by atoms with E-state index in [4.69, 9.17) is 5.73 Å². The van der Waals surface area contributed by atoms with Gasteiger partial charge in [0, 0.05) is 12.5 Å². The van der Waals surface area contributed by atoms with Gasteiger partial charge in [-0.15, -0.1) is 0 Å². The van der Waals surface area contributed by atoms with Gasteiger partial charge in [0.2, 0.25) is 5.91 Å². The fourth-order valence-electron chi connectivity index (χ4n) is 3.78.